The van der Waals surface area contributed by atoms with E-state index < -0.39 is 24.0 Å². The van der Waals surface area contributed by atoms with Gasteiger partial charge in [0.1, 0.15) is 29.0 Å². The quantitative estimate of drug-likeness (QED) is 0.342. The summed E-state index contributed by atoms with van der Waals surface area (Å²) >= 11 is 6.53. The van der Waals surface area contributed by atoms with Gasteiger partial charge in [-0.15, -0.1) is 0 Å². The highest BCUT2D eigenvalue weighted by Gasteiger charge is 2.45. The van der Waals surface area contributed by atoms with Crippen LogP contribution in [0.5, 0.6) is 5.88 Å². The molecule has 8 nitrogen and oxygen atoms in total. The number of nitrogens with two attached hydrogens (primary N) is 1. The number of nitrogens with zero attached hydrogens (tertiary/aromatic N) is 5. The third-order valence-electron chi connectivity index (χ3n) is 6.58. The summed E-state index contributed by atoms with van der Waals surface area (Å²) in [6.45, 7) is 6.21. The Kier molecular flexibility index (Phi) is 6.13. The molecule has 1 saturated heterocycles. The van der Waals surface area contributed by atoms with Crippen LogP contribution in [0.3, 0.4) is 0 Å². The highest BCUT2D eigenvalue weighted by Crippen LogP contribution is 2.45. The van der Waals surface area contributed by atoms with Crippen molar-refractivity contribution in [3.05, 3.63) is 58.1 Å². The molecule has 194 valence electrons. The van der Waals surface area contributed by atoms with Crippen LogP contribution in [0.4, 0.5) is 19.0 Å². The summed E-state index contributed by atoms with van der Waals surface area (Å²) in [7, 11) is 0. The minimum Gasteiger partial charge on any atom is -0.472 e. The maximum absolute atomic E-state index is 13.8. The summed E-state index contributed by atoms with van der Waals surface area (Å²) in [6.07, 6.45) is -2.25. The zero-order chi connectivity index (χ0) is 26.6. The van der Waals surface area contributed by atoms with E-state index in [0.29, 0.717) is 47.3 Å². The molecule has 2 aliphatic heterocycles. The highest BCUT2D eigenvalue weighted by molar-refractivity contribution is 6.34. The molecular formula is C25H24ClF3N6O2. The van der Waals surface area contributed by atoms with Gasteiger partial charge in [-0.05, 0) is 44.0 Å². The fourth-order valence-corrected chi connectivity index (χ4v) is 5.25. The number of imidazole rings is 1. The molecule has 0 spiro atoms. The van der Waals surface area contributed by atoms with Gasteiger partial charge in [0.15, 0.2) is 0 Å². The first-order valence-corrected chi connectivity index (χ1v) is 12.3. The number of rotatable bonds is 1. The average Bonchev–Trinajstić information content (AvgIpc) is 3.44. The Hall–Kier alpha value is -3.60. The van der Waals surface area contributed by atoms with Crippen molar-refractivity contribution < 1.29 is 22.7 Å². The Labute approximate surface area is 215 Å². The lowest BCUT2D eigenvalue weighted by molar-refractivity contribution is -0.141. The lowest BCUT2D eigenvalue weighted by Gasteiger charge is -2.36. The number of halogens is 4. The van der Waals surface area contributed by atoms with Gasteiger partial charge in [0, 0.05) is 12.1 Å². The van der Waals surface area contributed by atoms with E-state index in [1.165, 1.54) is 6.07 Å². The number of piperidine rings is 1. The molecule has 3 aromatic heterocycles. The van der Waals surface area contributed by atoms with Crippen LogP contribution in [0.2, 0.25) is 5.02 Å². The number of nitrogen functional groups attached to an aromatic ring is 1. The number of carbonyl (C=O) groups excluding carboxylic acids is 1. The average molecular weight is 533 g/mol. The van der Waals surface area contributed by atoms with Crippen molar-refractivity contribution in [2.75, 3.05) is 12.3 Å². The Morgan fingerprint density at radius 2 is 1.95 bits per heavy atom. The van der Waals surface area contributed by atoms with E-state index in [0.717, 1.165) is 6.07 Å². The topological polar surface area (TPSA) is 98.6 Å². The first-order chi connectivity index (χ1) is 17.6. The standard InChI is InChI=1S/C23H18ClF3N6O2.C2H6/c1-10-29-9-16-20(28)30-14-8-13(24)12(7-15(14)33(10)16)22(34)32-6-2-3-17-19(32)11-4-5-18(23(25,26)27)31-21(11)35-17;1-2/h4-5,7-9,17,19H,2-3,6H2,1H3,(H2,28,30);1-2H3/t17?,19-;/m0./s1. The SMILES string of the molecule is CC.Cc1ncc2c(N)nc3cc(Cl)c(C(=O)N4CCCC5Oc6nc(C(F)(F)F)ccc6[C@@H]54)cc3n12. The molecule has 0 radical (unpaired) electrons. The van der Waals surface area contributed by atoms with Gasteiger partial charge in [0.25, 0.3) is 5.91 Å². The number of anilines is 1. The van der Waals surface area contributed by atoms with Crippen molar-refractivity contribution in [3.8, 4) is 5.88 Å². The largest absolute Gasteiger partial charge is 0.472 e. The number of ether oxygens (including phenoxy) is 1. The maximum atomic E-state index is 13.8. The second-order valence-electron chi connectivity index (χ2n) is 8.67. The van der Waals surface area contributed by atoms with E-state index >= 15 is 0 Å². The van der Waals surface area contributed by atoms with E-state index in [9.17, 15) is 18.0 Å². The summed E-state index contributed by atoms with van der Waals surface area (Å²) in [6, 6.07) is 4.93. The van der Waals surface area contributed by atoms with Gasteiger partial charge >= 0.3 is 6.18 Å². The molecule has 1 unspecified atom stereocenters. The van der Waals surface area contributed by atoms with E-state index in [-0.39, 0.29) is 28.2 Å². The van der Waals surface area contributed by atoms with E-state index in [1.807, 2.05) is 20.8 Å². The Morgan fingerprint density at radius 3 is 2.68 bits per heavy atom. The van der Waals surface area contributed by atoms with Gasteiger partial charge in [-0.2, -0.15) is 13.2 Å². The third kappa shape index (κ3) is 4.01. The van der Waals surface area contributed by atoms with Crippen LogP contribution in [-0.2, 0) is 6.18 Å². The number of hydrogen-bond acceptors (Lipinski definition) is 6. The van der Waals surface area contributed by atoms with E-state index in [1.54, 1.807) is 27.6 Å². The van der Waals surface area contributed by atoms with Crippen LogP contribution in [-0.4, -0.2) is 42.8 Å². The number of likely N-dealkylation sites (tertiary alicyclic amines) is 1. The molecule has 6 rings (SSSR count). The van der Waals surface area contributed by atoms with E-state index in [4.69, 9.17) is 22.1 Å². The highest BCUT2D eigenvalue weighted by atomic mass is 35.5. The molecule has 1 fully saturated rings. The molecule has 2 atom stereocenters. The predicted octanol–water partition coefficient (Wildman–Crippen LogP) is 5.60. The van der Waals surface area contributed by atoms with Gasteiger partial charge in [-0.1, -0.05) is 25.4 Å². The Bertz CT molecular complexity index is 1540. The van der Waals surface area contributed by atoms with Crippen LogP contribution in [0, 0.1) is 6.92 Å². The van der Waals surface area contributed by atoms with Crippen LogP contribution in [0.25, 0.3) is 16.6 Å². The van der Waals surface area contributed by atoms with Gasteiger partial charge in [-0.3, -0.25) is 9.20 Å². The number of aromatic nitrogens is 4. The number of alkyl halides is 3. The molecule has 5 heterocycles. The molecule has 12 heteroatoms. The number of carbonyl (C=O) groups is 1. The van der Waals surface area contributed by atoms with Crippen molar-refractivity contribution in [1.29, 1.82) is 0 Å². The minimum absolute atomic E-state index is 0.0884. The number of benzene rings is 1. The van der Waals surface area contributed by atoms with Gasteiger partial charge < -0.3 is 15.4 Å². The first-order valence-electron chi connectivity index (χ1n) is 11.9. The third-order valence-corrected chi connectivity index (χ3v) is 6.89. The number of amides is 1. The van der Waals surface area contributed by atoms with E-state index in [2.05, 4.69) is 15.0 Å². The first kappa shape index (κ1) is 25.1. The molecule has 1 amide bonds. The van der Waals surface area contributed by atoms with Crippen LogP contribution in [0.15, 0.2) is 30.5 Å². The Morgan fingerprint density at radius 1 is 1.19 bits per heavy atom. The van der Waals surface area contributed by atoms with Crippen molar-refractivity contribution in [3.63, 3.8) is 0 Å². The Balaban J connectivity index is 0.00000137. The smallest absolute Gasteiger partial charge is 0.433 e. The molecule has 1 aromatic carbocycles. The van der Waals surface area contributed by atoms with Gasteiger partial charge in [0.2, 0.25) is 5.88 Å². The molecule has 2 N–H and O–H groups in total. The normalized spacial score (nSPS) is 18.7. The zero-order valence-electron chi connectivity index (χ0n) is 20.3. The monoisotopic (exact) mass is 532 g/mol. The maximum Gasteiger partial charge on any atom is 0.433 e. The number of pyridine rings is 1. The van der Waals surface area contributed by atoms with Gasteiger partial charge in [0.05, 0.1) is 33.9 Å². The summed E-state index contributed by atoms with van der Waals surface area (Å²) in [5.74, 6) is 0.514. The molecule has 2 aliphatic rings. The summed E-state index contributed by atoms with van der Waals surface area (Å²) in [5.41, 5.74) is 7.46. The predicted molar refractivity (Wildman–Crippen MR) is 133 cm³/mol. The summed E-state index contributed by atoms with van der Waals surface area (Å²) in [4.78, 5) is 27.8. The lowest BCUT2D eigenvalue weighted by Crippen LogP contribution is -2.44. The number of aryl methyl sites for hydroxylation is 1. The van der Waals surface area contributed by atoms with Crippen molar-refractivity contribution >= 4 is 39.9 Å². The van der Waals surface area contributed by atoms with Gasteiger partial charge in [-0.25, -0.2) is 15.0 Å². The molecular weight excluding hydrogens is 509 g/mol. The second-order valence-corrected chi connectivity index (χ2v) is 9.08. The molecule has 4 aromatic rings. The van der Waals surface area contributed by atoms with Crippen molar-refractivity contribution in [2.45, 2.75) is 51.9 Å². The minimum atomic E-state index is -4.59. The molecule has 0 bridgehead atoms. The van der Waals surface area contributed by atoms with Crippen LogP contribution >= 0.6 is 11.6 Å². The van der Waals surface area contributed by atoms with Crippen molar-refractivity contribution in [2.24, 2.45) is 0 Å². The van der Waals surface area contributed by atoms with Crippen LogP contribution in [0.1, 0.15) is 60.2 Å². The summed E-state index contributed by atoms with van der Waals surface area (Å²) < 4.78 is 47.0. The molecule has 37 heavy (non-hydrogen) atoms. The number of hydrogen-bond donors (Lipinski definition) is 1. The second kappa shape index (κ2) is 9.05. The van der Waals surface area contributed by atoms with Crippen LogP contribution < -0.4 is 10.5 Å². The number of fused-ring (bicyclic) bond motifs is 6. The fraction of sp³-hybridized carbons (Fsp3) is 0.360. The molecule has 0 saturated carbocycles. The van der Waals surface area contributed by atoms with Crippen molar-refractivity contribution in [1.82, 2.24) is 24.3 Å². The zero-order valence-corrected chi connectivity index (χ0v) is 21.1. The fourth-order valence-electron chi connectivity index (χ4n) is 5.01. The molecule has 0 aliphatic carbocycles. The summed E-state index contributed by atoms with van der Waals surface area (Å²) in [5, 5.41) is 0.193. The lowest BCUT2D eigenvalue weighted by atomic mass is 9.94.